The van der Waals surface area contributed by atoms with E-state index in [0.29, 0.717) is 12.1 Å². The quantitative estimate of drug-likeness (QED) is 0.740. The number of carbonyl (C=O) groups is 1. The lowest BCUT2D eigenvalue weighted by Crippen LogP contribution is -2.44. The van der Waals surface area contributed by atoms with Gasteiger partial charge in [0.25, 0.3) is 5.91 Å². The number of carbonyl (C=O) groups excluding carboxylic acids is 1. The van der Waals surface area contributed by atoms with E-state index in [4.69, 9.17) is 0 Å². The van der Waals surface area contributed by atoms with Gasteiger partial charge >= 0.3 is 0 Å². The Bertz CT molecular complexity index is 754. The van der Waals surface area contributed by atoms with Crippen molar-refractivity contribution >= 4 is 18.3 Å². The molecule has 7 heteroatoms. The number of aromatic nitrogens is 1. The van der Waals surface area contributed by atoms with Crippen molar-refractivity contribution in [3.63, 3.8) is 0 Å². The first kappa shape index (κ1) is 21.4. The fraction of sp³-hybridized carbons (Fsp3) is 0.450. The number of benzene rings is 1. The summed E-state index contributed by atoms with van der Waals surface area (Å²) in [6.45, 7) is 9.80. The van der Waals surface area contributed by atoms with Crippen LogP contribution in [0.5, 0.6) is 0 Å². The number of piperazine rings is 1. The van der Waals surface area contributed by atoms with Crippen LogP contribution >= 0.6 is 12.4 Å². The summed E-state index contributed by atoms with van der Waals surface area (Å²) in [6, 6.07) is 8.22. The lowest BCUT2D eigenvalue weighted by atomic mass is 10.2. The summed E-state index contributed by atoms with van der Waals surface area (Å²) in [5.74, 6) is -0.314. The minimum Gasteiger partial charge on any atom is -0.352 e. The monoisotopic (exact) mass is 394 g/mol. The molecule has 1 amide bonds. The van der Waals surface area contributed by atoms with Gasteiger partial charge in [0.1, 0.15) is 5.82 Å². The maximum atomic E-state index is 13.2. The van der Waals surface area contributed by atoms with Crippen LogP contribution in [0.15, 0.2) is 30.3 Å². The van der Waals surface area contributed by atoms with Gasteiger partial charge in [0.05, 0.1) is 5.56 Å². The number of amides is 1. The van der Waals surface area contributed by atoms with Gasteiger partial charge in [-0.2, -0.15) is 0 Å². The fourth-order valence-electron chi connectivity index (χ4n) is 3.51. The molecule has 1 aromatic heterocycles. The molecule has 27 heavy (non-hydrogen) atoms. The number of hydrogen-bond acceptors (Lipinski definition) is 3. The predicted octanol–water partition coefficient (Wildman–Crippen LogP) is 2.68. The molecule has 2 heterocycles. The summed E-state index contributed by atoms with van der Waals surface area (Å²) in [6.07, 6.45) is 0.947. The third-order valence-corrected chi connectivity index (χ3v) is 4.91. The van der Waals surface area contributed by atoms with Gasteiger partial charge in [0.2, 0.25) is 0 Å². The molecule has 1 aliphatic heterocycles. The summed E-state index contributed by atoms with van der Waals surface area (Å²) >= 11 is 0. The molecule has 0 bridgehead atoms. The highest BCUT2D eigenvalue weighted by Gasteiger charge is 2.16. The highest BCUT2D eigenvalue weighted by Crippen LogP contribution is 2.21. The minimum atomic E-state index is -0.265. The predicted molar refractivity (Wildman–Crippen MR) is 109 cm³/mol. The van der Waals surface area contributed by atoms with Gasteiger partial charge in [-0.3, -0.25) is 4.79 Å². The molecule has 5 nitrogen and oxygen atoms in total. The smallest absolute Gasteiger partial charge is 0.253 e. The van der Waals surface area contributed by atoms with Gasteiger partial charge in [0, 0.05) is 49.8 Å². The second-order valence-corrected chi connectivity index (χ2v) is 6.80. The van der Waals surface area contributed by atoms with E-state index in [9.17, 15) is 9.18 Å². The maximum absolute atomic E-state index is 13.2. The molecule has 1 fully saturated rings. The number of nitrogens with one attached hydrogen (secondary N) is 2. The van der Waals surface area contributed by atoms with Crippen molar-refractivity contribution in [2.75, 3.05) is 39.3 Å². The second kappa shape index (κ2) is 9.88. The maximum Gasteiger partial charge on any atom is 0.253 e. The average Bonchev–Trinajstić information content (AvgIpc) is 2.95. The van der Waals surface area contributed by atoms with E-state index < -0.39 is 0 Å². The summed E-state index contributed by atoms with van der Waals surface area (Å²) in [7, 11) is 0. The zero-order valence-corrected chi connectivity index (χ0v) is 16.7. The average molecular weight is 395 g/mol. The van der Waals surface area contributed by atoms with Crippen molar-refractivity contribution in [1.82, 2.24) is 20.1 Å². The van der Waals surface area contributed by atoms with E-state index in [1.54, 1.807) is 12.1 Å². The van der Waals surface area contributed by atoms with Crippen LogP contribution < -0.4 is 10.6 Å². The second-order valence-electron chi connectivity index (χ2n) is 6.80. The third kappa shape index (κ3) is 5.31. The van der Waals surface area contributed by atoms with Crippen molar-refractivity contribution < 1.29 is 9.18 Å². The Morgan fingerprint density at radius 3 is 2.52 bits per heavy atom. The molecule has 2 N–H and O–H groups in total. The third-order valence-electron chi connectivity index (χ3n) is 4.91. The Kier molecular flexibility index (Phi) is 7.83. The van der Waals surface area contributed by atoms with Crippen LogP contribution in [0.4, 0.5) is 4.39 Å². The van der Waals surface area contributed by atoms with Crippen molar-refractivity contribution in [2.45, 2.75) is 20.3 Å². The minimum absolute atomic E-state index is 0. The first-order chi connectivity index (χ1) is 12.6. The molecule has 2 aromatic rings. The van der Waals surface area contributed by atoms with Gasteiger partial charge in [-0.1, -0.05) is 0 Å². The molecule has 1 aromatic carbocycles. The highest BCUT2D eigenvalue weighted by molar-refractivity contribution is 5.95. The number of hydrogen-bond donors (Lipinski definition) is 2. The van der Waals surface area contributed by atoms with Gasteiger partial charge < -0.3 is 20.1 Å². The molecule has 0 radical (unpaired) electrons. The molecular formula is C20H28ClFN4O. The largest absolute Gasteiger partial charge is 0.352 e. The molecule has 1 saturated heterocycles. The van der Waals surface area contributed by atoms with Crippen molar-refractivity contribution in [1.29, 1.82) is 0 Å². The van der Waals surface area contributed by atoms with Crippen molar-refractivity contribution in [3.05, 3.63) is 53.1 Å². The van der Waals surface area contributed by atoms with Crippen molar-refractivity contribution in [2.24, 2.45) is 0 Å². The summed E-state index contributed by atoms with van der Waals surface area (Å²) in [4.78, 5) is 15.0. The summed E-state index contributed by atoms with van der Waals surface area (Å²) in [5.41, 5.74) is 3.36. The Morgan fingerprint density at radius 2 is 1.85 bits per heavy atom. The fourth-order valence-corrected chi connectivity index (χ4v) is 3.51. The standard InChI is InChI=1S/C20H27FN4O.ClH/c1-15-14-19(16(2)25(15)18-6-4-17(21)5-7-18)20(26)23-8-3-11-24-12-9-22-10-13-24;/h4-7,14,22H,3,8-13H2,1-2H3,(H,23,26);1H. The Hall–Kier alpha value is -1.89. The molecular weight excluding hydrogens is 367 g/mol. The molecule has 0 aliphatic carbocycles. The molecule has 148 valence electrons. The Balaban J connectivity index is 0.00000261. The van der Waals surface area contributed by atoms with E-state index >= 15 is 0 Å². The normalized spacial score (nSPS) is 14.6. The SMILES string of the molecule is Cc1cc(C(=O)NCCCN2CCNCC2)c(C)n1-c1ccc(F)cc1.Cl. The van der Waals surface area contributed by atoms with Crippen LogP contribution in [0, 0.1) is 19.7 Å². The number of nitrogens with zero attached hydrogens (tertiary/aromatic N) is 2. The van der Waals surface area contributed by atoms with Crippen LogP contribution in [0.25, 0.3) is 5.69 Å². The molecule has 3 rings (SSSR count). The summed E-state index contributed by atoms with van der Waals surface area (Å²) < 4.78 is 15.1. The van der Waals surface area contributed by atoms with E-state index in [1.807, 2.05) is 24.5 Å². The van der Waals surface area contributed by atoms with Crippen molar-refractivity contribution in [3.8, 4) is 5.69 Å². The Labute approximate surface area is 166 Å². The van der Waals surface area contributed by atoms with E-state index in [2.05, 4.69) is 15.5 Å². The van der Waals surface area contributed by atoms with E-state index in [0.717, 1.165) is 56.2 Å². The van der Waals surface area contributed by atoms with Gasteiger partial charge in [0.15, 0.2) is 0 Å². The molecule has 0 unspecified atom stereocenters. The van der Waals surface area contributed by atoms with Gasteiger partial charge in [-0.25, -0.2) is 4.39 Å². The van der Waals surface area contributed by atoms with Crippen LogP contribution in [0.1, 0.15) is 28.2 Å². The van der Waals surface area contributed by atoms with Gasteiger partial charge in [-0.05, 0) is 57.1 Å². The Morgan fingerprint density at radius 1 is 1.19 bits per heavy atom. The highest BCUT2D eigenvalue weighted by atomic mass is 35.5. The first-order valence-electron chi connectivity index (χ1n) is 9.22. The number of halogens is 2. The van der Waals surface area contributed by atoms with Crippen LogP contribution in [-0.4, -0.2) is 54.6 Å². The number of aryl methyl sites for hydroxylation is 1. The van der Waals surface area contributed by atoms with E-state index in [-0.39, 0.29) is 24.1 Å². The lowest BCUT2D eigenvalue weighted by Gasteiger charge is -2.27. The summed E-state index contributed by atoms with van der Waals surface area (Å²) in [5, 5.41) is 6.37. The topological polar surface area (TPSA) is 49.3 Å². The molecule has 0 atom stereocenters. The molecule has 0 spiro atoms. The van der Waals surface area contributed by atoms with Crippen LogP contribution in [-0.2, 0) is 0 Å². The van der Waals surface area contributed by atoms with Crippen LogP contribution in [0.3, 0.4) is 0 Å². The zero-order chi connectivity index (χ0) is 18.5. The zero-order valence-electron chi connectivity index (χ0n) is 15.9. The van der Waals surface area contributed by atoms with Gasteiger partial charge in [-0.15, -0.1) is 12.4 Å². The first-order valence-corrected chi connectivity index (χ1v) is 9.22. The molecule has 1 aliphatic rings. The number of rotatable bonds is 6. The van der Waals surface area contributed by atoms with Crippen LogP contribution in [0.2, 0.25) is 0 Å². The molecule has 0 saturated carbocycles. The van der Waals surface area contributed by atoms with E-state index in [1.165, 1.54) is 12.1 Å². The lowest BCUT2D eigenvalue weighted by molar-refractivity contribution is 0.0950.